The Labute approximate surface area is 207 Å². The summed E-state index contributed by atoms with van der Waals surface area (Å²) in [5.41, 5.74) is 2.79. The summed E-state index contributed by atoms with van der Waals surface area (Å²) in [6.07, 6.45) is 1.44. The number of nitrogens with one attached hydrogen (secondary N) is 1. The second kappa shape index (κ2) is 9.45. The zero-order valence-corrected chi connectivity index (χ0v) is 21.0. The number of hydrogen-bond donors (Lipinski definition) is 1. The molecule has 0 aliphatic heterocycles. The van der Waals surface area contributed by atoms with E-state index in [1.54, 1.807) is 6.07 Å². The maximum Gasteiger partial charge on any atom is 0.357 e. The third-order valence-electron chi connectivity index (χ3n) is 5.90. The molecule has 0 atom stereocenters. The van der Waals surface area contributed by atoms with Gasteiger partial charge in [-0.1, -0.05) is 26.8 Å². The lowest BCUT2D eigenvalue weighted by Crippen LogP contribution is -2.14. The van der Waals surface area contributed by atoms with Crippen LogP contribution in [-0.2, 0) is 10.2 Å². The van der Waals surface area contributed by atoms with E-state index in [1.165, 1.54) is 44.7 Å². The maximum atomic E-state index is 13.8. The lowest BCUT2D eigenvalue weighted by molar-refractivity contribution is 0.0596. The summed E-state index contributed by atoms with van der Waals surface area (Å²) in [4.78, 5) is 32.6. The highest BCUT2D eigenvalue weighted by atomic mass is 19.1. The molecule has 0 aliphatic carbocycles. The molecule has 0 aliphatic rings. The summed E-state index contributed by atoms with van der Waals surface area (Å²) < 4.78 is 30.2. The van der Waals surface area contributed by atoms with Crippen LogP contribution in [0.3, 0.4) is 0 Å². The monoisotopic (exact) mass is 490 g/mol. The number of rotatable bonds is 5. The van der Waals surface area contributed by atoms with Crippen LogP contribution in [-0.4, -0.2) is 30.2 Å². The molecule has 7 nitrogen and oxygen atoms in total. The number of esters is 1. The highest BCUT2D eigenvalue weighted by molar-refractivity contribution is 6.01. The van der Waals surface area contributed by atoms with Crippen LogP contribution in [0.1, 0.15) is 42.4 Å². The summed E-state index contributed by atoms with van der Waals surface area (Å²) in [5, 5.41) is 0.139. The van der Waals surface area contributed by atoms with Gasteiger partial charge in [-0.05, 0) is 47.7 Å². The normalized spacial score (nSPS) is 11.4. The van der Waals surface area contributed by atoms with Gasteiger partial charge in [0.1, 0.15) is 11.6 Å². The zero-order valence-electron chi connectivity index (χ0n) is 21.0. The van der Waals surface area contributed by atoms with Gasteiger partial charge in [0.05, 0.1) is 30.8 Å². The lowest BCUT2D eigenvalue weighted by Gasteiger charge is -2.24. The van der Waals surface area contributed by atoms with Crippen molar-refractivity contribution in [1.82, 2.24) is 9.97 Å². The van der Waals surface area contributed by atoms with E-state index < -0.39 is 17.2 Å². The van der Waals surface area contributed by atoms with E-state index in [0.29, 0.717) is 28.3 Å². The molecule has 0 unspecified atom stereocenters. The van der Waals surface area contributed by atoms with Gasteiger partial charge < -0.3 is 19.2 Å². The van der Waals surface area contributed by atoms with E-state index in [4.69, 9.17) is 14.2 Å². The molecule has 0 amide bonds. The molecule has 1 N–H and O–H groups in total. The number of methoxy groups -OCH3 is 2. The highest BCUT2D eigenvalue weighted by Crippen LogP contribution is 2.41. The SMILES string of the molecule is COC(=O)c1nccc2[nH]c(-c3c(C)cc(C(C)(C)C)cc3Oc3ccc(F)cc3OC)cc(=O)c12. The summed E-state index contributed by atoms with van der Waals surface area (Å²) in [6.45, 7) is 8.18. The Balaban J connectivity index is 1.97. The highest BCUT2D eigenvalue weighted by Gasteiger charge is 2.23. The van der Waals surface area contributed by atoms with E-state index in [0.717, 1.165) is 11.1 Å². The molecule has 0 saturated carbocycles. The molecule has 0 saturated heterocycles. The second-order valence-corrected chi connectivity index (χ2v) is 9.43. The first kappa shape index (κ1) is 24.9. The van der Waals surface area contributed by atoms with Gasteiger partial charge in [-0.2, -0.15) is 0 Å². The van der Waals surface area contributed by atoms with Crippen molar-refractivity contribution in [1.29, 1.82) is 0 Å². The minimum absolute atomic E-state index is 0.0601. The molecule has 0 fully saturated rings. The van der Waals surface area contributed by atoms with Gasteiger partial charge in [0, 0.05) is 23.9 Å². The molecule has 2 aromatic carbocycles. The van der Waals surface area contributed by atoms with Gasteiger partial charge in [0.25, 0.3) is 0 Å². The lowest BCUT2D eigenvalue weighted by atomic mass is 9.84. The van der Waals surface area contributed by atoms with Crippen LogP contribution >= 0.6 is 0 Å². The molecular weight excluding hydrogens is 463 g/mol. The molecule has 2 heterocycles. The fraction of sp³-hybridized carbons (Fsp3) is 0.250. The molecule has 0 bridgehead atoms. The number of aromatic amines is 1. The molecular formula is C28H27FN2O5. The van der Waals surface area contributed by atoms with Crippen LogP contribution < -0.4 is 14.9 Å². The van der Waals surface area contributed by atoms with E-state index in [9.17, 15) is 14.0 Å². The predicted octanol–water partition coefficient (Wildman–Crippen LogP) is 5.92. The van der Waals surface area contributed by atoms with Crippen molar-refractivity contribution in [3.63, 3.8) is 0 Å². The molecule has 2 aromatic heterocycles. The average Bonchev–Trinajstić information content (AvgIpc) is 2.83. The molecule has 0 spiro atoms. The third kappa shape index (κ3) is 4.66. The van der Waals surface area contributed by atoms with E-state index >= 15 is 0 Å². The second-order valence-electron chi connectivity index (χ2n) is 9.43. The molecule has 186 valence electrons. The van der Waals surface area contributed by atoms with Crippen molar-refractivity contribution in [2.45, 2.75) is 33.1 Å². The van der Waals surface area contributed by atoms with Crippen molar-refractivity contribution in [2.75, 3.05) is 14.2 Å². The van der Waals surface area contributed by atoms with Crippen LogP contribution in [0, 0.1) is 12.7 Å². The Morgan fingerprint density at radius 2 is 1.75 bits per heavy atom. The Morgan fingerprint density at radius 3 is 2.42 bits per heavy atom. The topological polar surface area (TPSA) is 90.5 Å². The number of H-pyrrole nitrogens is 1. The Bertz CT molecular complexity index is 1540. The summed E-state index contributed by atoms with van der Waals surface area (Å²) in [5.74, 6) is -0.126. The van der Waals surface area contributed by atoms with E-state index in [1.807, 2.05) is 19.1 Å². The van der Waals surface area contributed by atoms with E-state index in [-0.39, 0.29) is 22.2 Å². The fourth-order valence-electron chi connectivity index (χ4n) is 4.04. The van der Waals surface area contributed by atoms with Crippen LogP contribution in [0.5, 0.6) is 17.2 Å². The first-order valence-electron chi connectivity index (χ1n) is 11.3. The van der Waals surface area contributed by atoms with Crippen molar-refractivity contribution >= 4 is 16.9 Å². The van der Waals surface area contributed by atoms with Gasteiger partial charge in [-0.25, -0.2) is 14.2 Å². The summed E-state index contributed by atoms with van der Waals surface area (Å²) >= 11 is 0. The summed E-state index contributed by atoms with van der Waals surface area (Å²) in [6, 6.07) is 11.0. The van der Waals surface area contributed by atoms with Crippen LogP contribution in [0.2, 0.25) is 0 Å². The van der Waals surface area contributed by atoms with Crippen molar-refractivity contribution in [3.05, 3.63) is 81.5 Å². The molecule has 0 radical (unpaired) electrons. The third-order valence-corrected chi connectivity index (χ3v) is 5.90. The minimum Gasteiger partial charge on any atom is -0.493 e. The van der Waals surface area contributed by atoms with Crippen LogP contribution in [0.4, 0.5) is 4.39 Å². The Morgan fingerprint density at radius 1 is 1.00 bits per heavy atom. The minimum atomic E-state index is -0.697. The number of hydrogen-bond acceptors (Lipinski definition) is 6. The van der Waals surface area contributed by atoms with Gasteiger partial charge in [0.15, 0.2) is 22.6 Å². The predicted molar refractivity (Wildman–Crippen MR) is 136 cm³/mol. The number of ether oxygens (including phenoxy) is 3. The first-order chi connectivity index (χ1) is 17.0. The van der Waals surface area contributed by atoms with Gasteiger partial charge in [-0.3, -0.25) is 4.79 Å². The van der Waals surface area contributed by atoms with Crippen molar-refractivity contribution < 1.29 is 23.4 Å². The molecule has 8 heteroatoms. The molecule has 36 heavy (non-hydrogen) atoms. The van der Waals surface area contributed by atoms with Gasteiger partial charge in [-0.15, -0.1) is 0 Å². The zero-order chi connectivity index (χ0) is 26.2. The first-order valence-corrected chi connectivity index (χ1v) is 11.3. The quantitative estimate of drug-likeness (QED) is 0.349. The number of halogens is 1. The number of fused-ring (bicyclic) bond motifs is 1. The number of pyridine rings is 2. The van der Waals surface area contributed by atoms with Crippen molar-refractivity contribution in [3.8, 4) is 28.5 Å². The number of aromatic nitrogens is 2. The molecule has 4 aromatic rings. The van der Waals surface area contributed by atoms with Gasteiger partial charge >= 0.3 is 5.97 Å². The number of nitrogens with zero attached hydrogens (tertiary/aromatic N) is 1. The largest absolute Gasteiger partial charge is 0.493 e. The molecule has 4 rings (SSSR count). The van der Waals surface area contributed by atoms with Gasteiger partial charge in [0.2, 0.25) is 0 Å². The Hall–Kier alpha value is -4.20. The summed E-state index contributed by atoms with van der Waals surface area (Å²) in [7, 11) is 2.67. The van der Waals surface area contributed by atoms with E-state index in [2.05, 4.69) is 30.7 Å². The fourth-order valence-corrected chi connectivity index (χ4v) is 4.04. The smallest absolute Gasteiger partial charge is 0.357 e. The number of aryl methyl sites for hydroxylation is 1. The maximum absolute atomic E-state index is 13.8. The Kier molecular flexibility index (Phi) is 6.54. The standard InChI is InChI=1S/C28H27FN2O5/c1-15-11-16(28(2,3)4)12-23(36-21-8-7-17(29)13-22(21)34-5)24(15)19-14-20(32)25-18(31-19)9-10-30-26(25)27(33)35-6/h7-14H,1-6H3,(H,31,32). The average molecular weight is 491 g/mol. The number of benzene rings is 2. The van der Waals surface area contributed by atoms with Crippen molar-refractivity contribution in [2.24, 2.45) is 0 Å². The van der Waals surface area contributed by atoms with Crippen LogP contribution in [0.15, 0.2) is 53.5 Å². The number of carbonyl (C=O) groups excluding carboxylic acids is 1. The van der Waals surface area contributed by atoms with Crippen LogP contribution in [0.25, 0.3) is 22.2 Å². The number of carbonyl (C=O) groups is 1.